The Hall–Kier alpha value is -2.89. The lowest BCUT2D eigenvalue weighted by Gasteiger charge is -2.26. The van der Waals surface area contributed by atoms with Crippen molar-refractivity contribution in [1.82, 2.24) is 15.2 Å². The highest BCUT2D eigenvalue weighted by atomic mass is 16.2. The Kier molecular flexibility index (Phi) is 5.44. The van der Waals surface area contributed by atoms with Crippen LogP contribution in [-0.2, 0) is 6.54 Å². The van der Waals surface area contributed by atoms with Gasteiger partial charge in [-0.15, -0.1) is 0 Å². The van der Waals surface area contributed by atoms with Gasteiger partial charge in [-0.2, -0.15) is 0 Å². The Bertz CT molecular complexity index is 942. The van der Waals surface area contributed by atoms with Crippen LogP contribution < -0.4 is 16.2 Å². The number of rotatable bonds is 5. The molecule has 1 heterocycles. The highest BCUT2D eigenvalue weighted by Crippen LogP contribution is 2.19. The van der Waals surface area contributed by atoms with Crippen molar-refractivity contribution in [3.05, 3.63) is 68.6 Å². The van der Waals surface area contributed by atoms with Crippen LogP contribution in [0.15, 0.2) is 35.3 Å². The van der Waals surface area contributed by atoms with Crippen molar-refractivity contribution in [3.63, 3.8) is 0 Å². The van der Waals surface area contributed by atoms with Gasteiger partial charge in [-0.3, -0.25) is 14.4 Å². The van der Waals surface area contributed by atoms with Gasteiger partial charge in [0, 0.05) is 19.3 Å². The minimum Gasteiger partial charge on any atom is -0.355 e. The topological polar surface area (TPSA) is 80.2 Å². The third kappa shape index (κ3) is 3.94. The monoisotopic (exact) mass is 367 g/mol. The Balaban J connectivity index is 2.01. The molecule has 27 heavy (non-hydrogen) atoms. The number of hydrogen-bond acceptors (Lipinski definition) is 3. The molecule has 0 bridgehead atoms. The summed E-state index contributed by atoms with van der Waals surface area (Å²) in [6, 6.07) is 7.47. The van der Waals surface area contributed by atoms with Crippen LogP contribution in [0.5, 0.6) is 0 Å². The Labute approximate surface area is 158 Å². The molecule has 0 radical (unpaired) electrons. The summed E-state index contributed by atoms with van der Waals surface area (Å²) in [5.74, 6) is -0.743. The van der Waals surface area contributed by atoms with E-state index in [4.69, 9.17) is 0 Å². The van der Waals surface area contributed by atoms with Crippen LogP contribution in [0.2, 0.25) is 0 Å². The molecule has 1 aliphatic carbocycles. The zero-order valence-electron chi connectivity index (χ0n) is 16.0. The Morgan fingerprint density at radius 1 is 1.19 bits per heavy atom. The molecule has 1 aliphatic rings. The second kappa shape index (κ2) is 7.78. The maximum absolute atomic E-state index is 12.8. The molecular formula is C21H25N3O3. The van der Waals surface area contributed by atoms with Crippen molar-refractivity contribution in [2.24, 2.45) is 0 Å². The summed E-state index contributed by atoms with van der Waals surface area (Å²) in [5.41, 5.74) is 3.10. The van der Waals surface area contributed by atoms with Crippen LogP contribution in [-0.4, -0.2) is 29.5 Å². The second-order valence-electron chi connectivity index (χ2n) is 7.11. The van der Waals surface area contributed by atoms with Gasteiger partial charge in [-0.25, -0.2) is 0 Å². The summed E-state index contributed by atoms with van der Waals surface area (Å²) in [4.78, 5) is 37.6. The average molecular weight is 367 g/mol. The van der Waals surface area contributed by atoms with E-state index in [-0.39, 0.29) is 17.5 Å². The van der Waals surface area contributed by atoms with Gasteiger partial charge in [0.2, 0.25) is 0 Å². The lowest BCUT2D eigenvalue weighted by atomic mass is 9.93. The minimum atomic E-state index is -0.493. The van der Waals surface area contributed by atoms with E-state index < -0.39 is 11.5 Å². The molecule has 1 fully saturated rings. The van der Waals surface area contributed by atoms with Gasteiger partial charge >= 0.3 is 0 Å². The summed E-state index contributed by atoms with van der Waals surface area (Å²) in [7, 11) is 1.47. The normalized spacial score (nSPS) is 13.7. The number of carbonyl (C=O) groups is 2. The third-order valence-corrected chi connectivity index (χ3v) is 5.32. The standard InChI is InChI=1S/C21H25N3O3/c1-13-6-4-7-15(14(13)2)11-24-12-16(19(25)23-17-8-5-9-17)10-18(21(24)27)20(26)22-3/h4,6-7,10,12,17H,5,8-9,11H2,1-3H3,(H,22,26)(H,23,25). The number of hydrogen-bond donors (Lipinski definition) is 2. The quantitative estimate of drug-likeness (QED) is 0.850. The first-order chi connectivity index (χ1) is 12.9. The summed E-state index contributed by atoms with van der Waals surface area (Å²) < 4.78 is 1.45. The molecule has 1 saturated carbocycles. The number of carbonyl (C=O) groups excluding carboxylic acids is 2. The van der Waals surface area contributed by atoms with Crippen molar-refractivity contribution in [1.29, 1.82) is 0 Å². The number of nitrogens with one attached hydrogen (secondary N) is 2. The Morgan fingerprint density at radius 3 is 2.56 bits per heavy atom. The SMILES string of the molecule is CNC(=O)c1cc(C(=O)NC2CCC2)cn(Cc2cccc(C)c2C)c1=O. The molecule has 6 heteroatoms. The van der Waals surface area contributed by atoms with Crippen molar-refractivity contribution < 1.29 is 9.59 Å². The van der Waals surface area contributed by atoms with Crippen LogP contribution in [0.25, 0.3) is 0 Å². The molecule has 1 aromatic carbocycles. The molecule has 142 valence electrons. The molecule has 3 rings (SSSR count). The van der Waals surface area contributed by atoms with Gasteiger partial charge in [0.25, 0.3) is 17.4 Å². The maximum Gasteiger partial charge on any atom is 0.263 e. The molecule has 0 spiro atoms. The molecule has 1 aromatic heterocycles. The highest BCUT2D eigenvalue weighted by Gasteiger charge is 2.22. The summed E-state index contributed by atoms with van der Waals surface area (Å²) >= 11 is 0. The van der Waals surface area contributed by atoms with Crippen molar-refractivity contribution in [3.8, 4) is 0 Å². The maximum atomic E-state index is 12.8. The van der Waals surface area contributed by atoms with E-state index in [1.165, 1.54) is 17.7 Å². The fourth-order valence-electron chi connectivity index (χ4n) is 3.16. The smallest absolute Gasteiger partial charge is 0.263 e. The van der Waals surface area contributed by atoms with E-state index in [1.54, 1.807) is 6.20 Å². The van der Waals surface area contributed by atoms with E-state index in [1.807, 2.05) is 32.0 Å². The molecule has 0 unspecified atom stereocenters. The van der Waals surface area contributed by atoms with Gasteiger partial charge < -0.3 is 15.2 Å². The van der Waals surface area contributed by atoms with E-state index >= 15 is 0 Å². The van der Waals surface area contributed by atoms with Gasteiger partial charge in [0.1, 0.15) is 5.56 Å². The molecule has 0 atom stereocenters. The van der Waals surface area contributed by atoms with Crippen molar-refractivity contribution in [2.75, 3.05) is 7.05 Å². The first-order valence-electron chi connectivity index (χ1n) is 9.23. The average Bonchev–Trinajstić information content (AvgIpc) is 2.62. The predicted octanol–water partition coefficient (Wildman–Crippen LogP) is 2.16. The van der Waals surface area contributed by atoms with E-state index in [9.17, 15) is 14.4 Å². The molecule has 0 saturated heterocycles. The lowest BCUT2D eigenvalue weighted by Crippen LogP contribution is -2.40. The first-order valence-corrected chi connectivity index (χ1v) is 9.23. The molecular weight excluding hydrogens is 342 g/mol. The van der Waals surface area contributed by atoms with Crippen LogP contribution in [0.3, 0.4) is 0 Å². The number of benzene rings is 1. The molecule has 2 N–H and O–H groups in total. The predicted molar refractivity (Wildman–Crippen MR) is 104 cm³/mol. The fourth-order valence-corrected chi connectivity index (χ4v) is 3.16. The highest BCUT2D eigenvalue weighted by molar-refractivity contribution is 5.99. The minimum absolute atomic E-state index is 0.0240. The van der Waals surface area contributed by atoms with Gasteiger partial charge in [0.05, 0.1) is 12.1 Å². The number of nitrogens with zero attached hydrogens (tertiary/aromatic N) is 1. The summed E-state index contributed by atoms with van der Waals surface area (Å²) in [6.45, 7) is 4.32. The summed E-state index contributed by atoms with van der Waals surface area (Å²) in [6.07, 6.45) is 4.59. The molecule has 0 aliphatic heterocycles. The van der Waals surface area contributed by atoms with Crippen molar-refractivity contribution >= 4 is 11.8 Å². The van der Waals surface area contributed by atoms with Gasteiger partial charge in [-0.05, 0) is 55.9 Å². The largest absolute Gasteiger partial charge is 0.355 e. The number of pyridine rings is 1. The number of aromatic nitrogens is 1. The van der Waals surface area contributed by atoms with E-state index in [0.29, 0.717) is 12.1 Å². The number of amides is 2. The molecule has 6 nitrogen and oxygen atoms in total. The van der Waals surface area contributed by atoms with Crippen LogP contribution >= 0.6 is 0 Å². The van der Waals surface area contributed by atoms with Gasteiger partial charge in [0.15, 0.2) is 0 Å². The van der Waals surface area contributed by atoms with E-state index in [0.717, 1.165) is 36.0 Å². The zero-order valence-corrected chi connectivity index (χ0v) is 16.0. The van der Waals surface area contributed by atoms with Crippen LogP contribution in [0.4, 0.5) is 0 Å². The number of aryl methyl sites for hydroxylation is 1. The van der Waals surface area contributed by atoms with E-state index in [2.05, 4.69) is 10.6 Å². The molecule has 2 amide bonds. The second-order valence-corrected chi connectivity index (χ2v) is 7.11. The Morgan fingerprint density at radius 2 is 1.93 bits per heavy atom. The van der Waals surface area contributed by atoms with Crippen LogP contribution in [0, 0.1) is 13.8 Å². The zero-order chi connectivity index (χ0) is 19.6. The summed E-state index contributed by atoms with van der Waals surface area (Å²) in [5, 5.41) is 5.44. The van der Waals surface area contributed by atoms with Gasteiger partial charge in [-0.1, -0.05) is 18.2 Å². The third-order valence-electron chi connectivity index (χ3n) is 5.32. The molecule has 2 aromatic rings. The first kappa shape index (κ1) is 18.9. The van der Waals surface area contributed by atoms with Crippen molar-refractivity contribution in [2.45, 2.75) is 45.7 Å². The lowest BCUT2D eigenvalue weighted by molar-refractivity contribution is 0.0916. The van der Waals surface area contributed by atoms with Crippen LogP contribution in [0.1, 0.15) is 56.7 Å². The fraction of sp³-hybridized carbons (Fsp3) is 0.381.